The minimum atomic E-state index is -0.528. The lowest BCUT2D eigenvalue weighted by atomic mass is 10.2. The van der Waals surface area contributed by atoms with Gasteiger partial charge in [-0.25, -0.2) is 4.79 Å². The second-order valence-electron chi connectivity index (χ2n) is 4.93. The Morgan fingerprint density at radius 2 is 2.16 bits per heavy atom. The predicted molar refractivity (Wildman–Crippen MR) is 73.6 cm³/mol. The van der Waals surface area contributed by atoms with E-state index in [4.69, 9.17) is 10.5 Å². The van der Waals surface area contributed by atoms with Crippen LogP contribution in [0.5, 0.6) is 5.75 Å². The van der Waals surface area contributed by atoms with Crippen molar-refractivity contribution in [2.75, 3.05) is 12.3 Å². The number of carbonyl (C=O) groups is 1. The molecule has 1 amide bonds. The van der Waals surface area contributed by atoms with Crippen LogP contribution < -0.4 is 11.1 Å². The molecular formula is C14H18N2O3. The topological polar surface area (TPSA) is 84.6 Å². The minimum absolute atomic E-state index is 0.00750. The molecule has 0 aliphatic heterocycles. The maximum atomic E-state index is 11.3. The molecule has 0 saturated carbocycles. The van der Waals surface area contributed by atoms with Gasteiger partial charge in [-0.1, -0.05) is 11.8 Å². The van der Waals surface area contributed by atoms with Gasteiger partial charge in [-0.15, -0.1) is 0 Å². The first-order valence-corrected chi connectivity index (χ1v) is 5.82. The van der Waals surface area contributed by atoms with Crippen LogP contribution in [0.2, 0.25) is 0 Å². The van der Waals surface area contributed by atoms with Gasteiger partial charge in [0.05, 0.1) is 12.2 Å². The molecule has 4 N–H and O–H groups in total. The third-order valence-corrected chi connectivity index (χ3v) is 1.98. The SMILES string of the molecule is CC(C)(C)OC(=O)NCC#Cc1ccc(N)c(O)c1. The van der Waals surface area contributed by atoms with Crippen LogP contribution in [0.3, 0.4) is 0 Å². The van der Waals surface area contributed by atoms with E-state index >= 15 is 0 Å². The number of phenols is 1. The number of amides is 1. The standard InChI is InChI=1S/C14H18N2O3/c1-14(2,3)19-13(18)16-8-4-5-10-6-7-11(15)12(17)9-10/h6-7,9,17H,8,15H2,1-3H3,(H,16,18). The molecule has 0 heterocycles. The number of rotatable bonds is 1. The van der Waals surface area contributed by atoms with Crippen LogP contribution in [-0.2, 0) is 4.74 Å². The lowest BCUT2D eigenvalue weighted by Crippen LogP contribution is -2.32. The fraction of sp³-hybridized carbons (Fsp3) is 0.357. The van der Waals surface area contributed by atoms with E-state index in [1.807, 2.05) is 0 Å². The summed E-state index contributed by atoms with van der Waals surface area (Å²) in [4.78, 5) is 11.3. The Morgan fingerprint density at radius 3 is 2.74 bits per heavy atom. The van der Waals surface area contributed by atoms with E-state index < -0.39 is 11.7 Å². The number of nitrogens with one attached hydrogen (secondary N) is 1. The van der Waals surface area contributed by atoms with Gasteiger partial charge in [0.2, 0.25) is 0 Å². The van der Waals surface area contributed by atoms with Crippen LogP contribution in [-0.4, -0.2) is 23.3 Å². The summed E-state index contributed by atoms with van der Waals surface area (Å²) in [6.45, 7) is 5.53. The molecule has 102 valence electrons. The van der Waals surface area contributed by atoms with Gasteiger partial charge in [-0.3, -0.25) is 0 Å². The van der Waals surface area contributed by atoms with Crippen LogP contribution in [0.1, 0.15) is 26.3 Å². The molecular weight excluding hydrogens is 244 g/mol. The largest absolute Gasteiger partial charge is 0.506 e. The summed E-state index contributed by atoms with van der Waals surface area (Å²) in [6, 6.07) is 4.73. The Kier molecular flexibility index (Phi) is 4.65. The molecule has 0 aliphatic rings. The average Bonchev–Trinajstić information content (AvgIpc) is 2.27. The van der Waals surface area contributed by atoms with E-state index in [9.17, 15) is 9.90 Å². The predicted octanol–water partition coefficient (Wildman–Crippen LogP) is 1.85. The lowest BCUT2D eigenvalue weighted by molar-refractivity contribution is 0.0535. The minimum Gasteiger partial charge on any atom is -0.506 e. The van der Waals surface area contributed by atoms with Gasteiger partial charge in [-0.05, 0) is 39.0 Å². The molecule has 1 aromatic rings. The van der Waals surface area contributed by atoms with Gasteiger partial charge in [0, 0.05) is 5.56 Å². The first-order valence-electron chi connectivity index (χ1n) is 5.82. The molecule has 19 heavy (non-hydrogen) atoms. The number of ether oxygens (including phenoxy) is 1. The van der Waals surface area contributed by atoms with Crippen molar-refractivity contribution in [2.45, 2.75) is 26.4 Å². The van der Waals surface area contributed by atoms with Crippen LogP contribution in [0.25, 0.3) is 0 Å². The summed E-state index contributed by atoms with van der Waals surface area (Å²) < 4.78 is 5.05. The Balaban J connectivity index is 2.47. The Morgan fingerprint density at radius 1 is 1.47 bits per heavy atom. The van der Waals surface area contributed by atoms with Gasteiger partial charge >= 0.3 is 6.09 Å². The highest BCUT2D eigenvalue weighted by atomic mass is 16.6. The smallest absolute Gasteiger partial charge is 0.408 e. The highest BCUT2D eigenvalue weighted by Gasteiger charge is 2.14. The quantitative estimate of drug-likeness (QED) is 0.409. The summed E-state index contributed by atoms with van der Waals surface area (Å²) in [5.74, 6) is 5.54. The first kappa shape index (κ1) is 14.7. The molecule has 0 aromatic heterocycles. The molecule has 0 saturated heterocycles. The van der Waals surface area contributed by atoms with Crippen LogP contribution in [0.4, 0.5) is 10.5 Å². The number of alkyl carbamates (subject to hydrolysis) is 1. The van der Waals surface area contributed by atoms with Crippen molar-refractivity contribution in [3.05, 3.63) is 23.8 Å². The van der Waals surface area contributed by atoms with Gasteiger partial charge in [0.1, 0.15) is 11.4 Å². The third kappa shape index (κ3) is 5.68. The van der Waals surface area contributed by atoms with Crippen molar-refractivity contribution >= 4 is 11.8 Å². The van der Waals surface area contributed by atoms with E-state index in [1.54, 1.807) is 32.9 Å². The van der Waals surface area contributed by atoms with Crippen molar-refractivity contribution in [3.8, 4) is 17.6 Å². The van der Waals surface area contributed by atoms with Crippen LogP contribution in [0, 0.1) is 11.8 Å². The lowest BCUT2D eigenvalue weighted by Gasteiger charge is -2.18. The molecule has 0 radical (unpaired) electrons. The number of phenolic OH excluding ortho intramolecular Hbond substituents is 1. The summed E-state index contributed by atoms with van der Waals surface area (Å²) >= 11 is 0. The number of aromatic hydroxyl groups is 1. The van der Waals surface area contributed by atoms with E-state index in [0.29, 0.717) is 11.3 Å². The maximum absolute atomic E-state index is 11.3. The molecule has 0 fully saturated rings. The van der Waals surface area contributed by atoms with Gasteiger partial charge in [0.25, 0.3) is 0 Å². The van der Waals surface area contributed by atoms with E-state index in [0.717, 1.165) is 0 Å². The van der Waals surface area contributed by atoms with Gasteiger partial charge < -0.3 is 20.9 Å². The zero-order valence-electron chi connectivity index (χ0n) is 11.3. The first-order chi connectivity index (χ1) is 8.78. The van der Waals surface area contributed by atoms with Crippen molar-refractivity contribution in [1.29, 1.82) is 0 Å². The summed E-state index contributed by atoms with van der Waals surface area (Å²) in [7, 11) is 0. The second-order valence-corrected chi connectivity index (χ2v) is 4.93. The normalized spacial score (nSPS) is 10.3. The average molecular weight is 262 g/mol. The molecule has 0 aliphatic carbocycles. The molecule has 0 bridgehead atoms. The number of nitrogens with two attached hydrogens (primary N) is 1. The number of anilines is 1. The molecule has 5 nitrogen and oxygen atoms in total. The monoisotopic (exact) mass is 262 g/mol. The van der Waals surface area contributed by atoms with E-state index in [1.165, 1.54) is 6.07 Å². The summed E-state index contributed by atoms with van der Waals surface area (Å²) in [6.07, 6.45) is -0.512. The molecule has 0 atom stereocenters. The van der Waals surface area contributed by atoms with E-state index in [-0.39, 0.29) is 12.3 Å². The number of carbonyl (C=O) groups excluding carboxylic acids is 1. The van der Waals surface area contributed by atoms with E-state index in [2.05, 4.69) is 17.2 Å². The van der Waals surface area contributed by atoms with Crippen molar-refractivity contribution < 1.29 is 14.6 Å². The number of nitrogen functional groups attached to an aromatic ring is 1. The fourth-order valence-electron chi connectivity index (χ4n) is 1.20. The van der Waals surface area contributed by atoms with Crippen molar-refractivity contribution in [3.63, 3.8) is 0 Å². The Bertz CT molecular complexity index is 522. The zero-order valence-corrected chi connectivity index (χ0v) is 11.3. The number of hydrogen-bond donors (Lipinski definition) is 3. The Labute approximate surface area is 112 Å². The van der Waals surface area contributed by atoms with Crippen molar-refractivity contribution in [1.82, 2.24) is 5.32 Å². The molecule has 1 rings (SSSR count). The third-order valence-electron chi connectivity index (χ3n) is 1.98. The second kappa shape index (κ2) is 6.01. The Hall–Kier alpha value is -2.35. The molecule has 5 heteroatoms. The summed E-state index contributed by atoms with van der Waals surface area (Å²) in [5.41, 5.74) is 5.87. The molecule has 0 unspecified atom stereocenters. The fourth-order valence-corrected chi connectivity index (χ4v) is 1.20. The van der Waals surface area contributed by atoms with Gasteiger partial charge in [0.15, 0.2) is 0 Å². The number of hydrogen-bond acceptors (Lipinski definition) is 4. The van der Waals surface area contributed by atoms with Crippen molar-refractivity contribution in [2.24, 2.45) is 0 Å². The van der Waals surface area contributed by atoms with Crippen LogP contribution in [0.15, 0.2) is 18.2 Å². The summed E-state index contributed by atoms with van der Waals surface area (Å²) in [5, 5.41) is 11.9. The molecule has 1 aromatic carbocycles. The zero-order chi connectivity index (χ0) is 14.5. The molecule has 0 spiro atoms. The number of benzene rings is 1. The van der Waals surface area contributed by atoms with Gasteiger partial charge in [-0.2, -0.15) is 0 Å². The maximum Gasteiger partial charge on any atom is 0.408 e. The highest BCUT2D eigenvalue weighted by molar-refractivity contribution is 5.68. The van der Waals surface area contributed by atoms with Crippen LogP contribution >= 0.6 is 0 Å². The highest BCUT2D eigenvalue weighted by Crippen LogP contribution is 2.19.